The molecule has 2 amide bonds. The highest BCUT2D eigenvalue weighted by atomic mass is 35.5. The minimum absolute atomic E-state index is 0.103. The molecule has 2 aromatic heterocycles. The number of carbonyl (C=O) groups excluding carboxylic acids is 1. The fraction of sp³-hybridized carbons (Fsp3) is 0.312. The molecule has 1 aliphatic rings. The molecule has 1 atom stereocenters. The first-order valence-corrected chi connectivity index (χ1v) is 7.91. The third-order valence-electron chi connectivity index (χ3n) is 3.82. The largest absolute Gasteiger partial charge is 0.369 e. The van der Waals surface area contributed by atoms with Crippen molar-refractivity contribution in [2.75, 3.05) is 4.90 Å². The molecule has 0 aromatic carbocycles. The Morgan fingerprint density at radius 1 is 1.50 bits per heavy atom. The first kappa shape index (κ1) is 16.6. The number of urea groups is 1. The monoisotopic (exact) mass is 350 g/mol. The molecule has 1 unspecified atom stereocenters. The van der Waals surface area contributed by atoms with Gasteiger partial charge in [-0.3, -0.25) is 4.98 Å². The van der Waals surface area contributed by atoms with Gasteiger partial charge in [0.05, 0.1) is 11.4 Å². The van der Waals surface area contributed by atoms with Crippen LogP contribution in [0.25, 0.3) is 0 Å². The molecule has 1 aliphatic heterocycles. The maximum absolute atomic E-state index is 13.7. The molecule has 3 heterocycles. The first-order chi connectivity index (χ1) is 11.4. The van der Waals surface area contributed by atoms with Crippen LogP contribution in [-0.2, 0) is 6.42 Å². The fourth-order valence-corrected chi connectivity index (χ4v) is 2.88. The van der Waals surface area contributed by atoms with Crippen molar-refractivity contribution in [1.82, 2.24) is 15.3 Å². The third-order valence-corrected chi connectivity index (χ3v) is 4.09. The number of hydrogen-bond acceptors (Lipinski definition) is 4. The van der Waals surface area contributed by atoms with Gasteiger partial charge in [0.15, 0.2) is 23.0 Å². The minimum Gasteiger partial charge on any atom is -0.369 e. The number of aryl methyl sites for hydroxylation is 2. The Bertz CT molecular complexity index is 815. The molecule has 8 heteroatoms. The van der Waals surface area contributed by atoms with Crippen LogP contribution in [0.4, 0.5) is 20.7 Å². The molecular formula is C16H16ClFN4O2. The van der Waals surface area contributed by atoms with Gasteiger partial charge >= 0.3 is 6.03 Å². The van der Waals surface area contributed by atoms with E-state index >= 15 is 0 Å². The van der Waals surface area contributed by atoms with Gasteiger partial charge in [-0.25, -0.2) is 19.1 Å². The summed E-state index contributed by atoms with van der Waals surface area (Å²) in [7, 11) is 0. The number of nitrogens with one attached hydrogen (secondary N) is 1. The topological polar surface area (TPSA) is 78.4 Å². The number of amides is 2. The second-order valence-electron chi connectivity index (χ2n) is 5.53. The molecular weight excluding hydrogens is 335 g/mol. The predicted octanol–water partition coefficient (Wildman–Crippen LogP) is 3.38. The summed E-state index contributed by atoms with van der Waals surface area (Å²) in [4.78, 5) is 22.1. The van der Waals surface area contributed by atoms with Crippen LogP contribution in [0.5, 0.6) is 0 Å². The van der Waals surface area contributed by atoms with Crippen molar-refractivity contribution < 1.29 is 14.3 Å². The third kappa shape index (κ3) is 2.70. The maximum atomic E-state index is 13.7. The molecule has 0 radical (unpaired) electrons. The number of aliphatic hydroxyl groups excluding tert-OH is 1. The Kier molecular flexibility index (Phi) is 4.38. The molecule has 24 heavy (non-hydrogen) atoms. The lowest BCUT2D eigenvalue weighted by Gasteiger charge is -2.33. The van der Waals surface area contributed by atoms with Gasteiger partial charge in [-0.15, -0.1) is 0 Å². The van der Waals surface area contributed by atoms with E-state index < -0.39 is 18.1 Å². The first-order valence-electron chi connectivity index (χ1n) is 7.53. The standard InChI is InChI=1S/C16H16ClFN4O2/c1-3-4-11-12(8(2)5-6-19-11)22-14-9(15(23)21-16(22)24)7-10(18)13(17)20-14/h5-7,15,23H,3-4H2,1-2H3,(H,21,24). The Balaban J connectivity index is 2.25. The molecule has 3 rings (SSSR count). The van der Waals surface area contributed by atoms with E-state index in [1.54, 1.807) is 12.3 Å². The van der Waals surface area contributed by atoms with E-state index in [4.69, 9.17) is 11.6 Å². The van der Waals surface area contributed by atoms with Crippen molar-refractivity contribution in [2.45, 2.75) is 32.9 Å². The van der Waals surface area contributed by atoms with Crippen LogP contribution < -0.4 is 10.2 Å². The molecule has 0 spiro atoms. The lowest BCUT2D eigenvalue weighted by Crippen LogP contribution is -2.45. The smallest absolute Gasteiger partial charge is 0.330 e. The summed E-state index contributed by atoms with van der Waals surface area (Å²) in [6.07, 6.45) is 1.82. The Morgan fingerprint density at radius 2 is 2.25 bits per heavy atom. The van der Waals surface area contributed by atoms with E-state index in [2.05, 4.69) is 15.3 Å². The lowest BCUT2D eigenvalue weighted by atomic mass is 10.1. The van der Waals surface area contributed by atoms with E-state index in [1.165, 1.54) is 4.90 Å². The second-order valence-corrected chi connectivity index (χ2v) is 5.89. The van der Waals surface area contributed by atoms with Gasteiger partial charge in [-0.05, 0) is 31.0 Å². The average molecular weight is 351 g/mol. The van der Waals surface area contributed by atoms with Crippen LogP contribution in [0.3, 0.4) is 0 Å². The van der Waals surface area contributed by atoms with Crippen molar-refractivity contribution in [3.8, 4) is 0 Å². The van der Waals surface area contributed by atoms with Gasteiger partial charge in [-0.1, -0.05) is 24.9 Å². The number of pyridine rings is 2. The van der Waals surface area contributed by atoms with Gasteiger partial charge in [0, 0.05) is 11.8 Å². The molecule has 2 N–H and O–H groups in total. The quantitative estimate of drug-likeness (QED) is 0.832. The molecule has 126 valence electrons. The highest BCUT2D eigenvalue weighted by molar-refractivity contribution is 6.29. The van der Waals surface area contributed by atoms with Crippen molar-refractivity contribution in [2.24, 2.45) is 0 Å². The zero-order valence-corrected chi connectivity index (χ0v) is 13.9. The number of aromatic nitrogens is 2. The number of nitrogens with zero attached hydrogens (tertiary/aromatic N) is 3. The Morgan fingerprint density at radius 3 is 2.96 bits per heavy atom. The molecule has 0 fully saturated rings. The zero-order valence-electron chi connectivity index (χ0n) is 13.2. The van der Waals surface area contributed by atoms with E-state index in [1.807, 2.05) is 13.8 Å². The summed E-state index contributed by atoms with van der Waals surface area (Å²) < 4.78 is 13.7. The number of carbonyl (C=O) groups is 1. The van der Waals surface area contributed by atoms with Crippen LogP contribution in [0.2, 0.25) is 5.15 Å². The number of aliphatic hydroxyl groups is 1. The summed E-state index contributed by atoms with van der Waals surface area (Å²) in [5.41, 5.74) is 2.24. The summed E-state index contributed by atoms with van der Waals surface area (Å²) >= 11 is 5.79. The number of anilines is 2. The van der Waals surface area contributed by atoms with Gasteiger partial charge in [0.1, 0.15) is 0 Å². The summed E-state index contributed by atoms with van der Waals surface area (Å²) in [5.74, 6) is -0.659. The van der Waals surface area contributed by atoms with Crippen LogP contribution >= 0.6 is 11.6 Å². The average Bonchev–Trinajstić information content (AvgIpc) is 2.52. The Hall–Kier alpha value is -2.25. The maximum Gasteiger partial charge on any atom is 0.330 e. The SMILES string of the molecule is CCCc1nccc(C)c1N1C(=O)NC(O)c2cc(F)c(Cl)nc21. The summed E-state index contributed by atoms with van der Waals surface area (Å²) in [6.45, 7) is 3.85. The van der Waals surface area contributed by atoms with Crippen molar-refractivity contribution in [3.05, 3.63) is 46.1 Å². The van der Waals surface area contributed by atoms with Gasteiger partial charge in [-0.2, -0.15) is 0 Å². The predicted molar refractivity (Wildman–Crippen MR) is 87.8 cm³/mol. The van der Waals surface area contributed by atoms with Crippen molar-refractivity contribution in [1.29, 1.82) is 0 Å². The number of rotatable bonds is 3. The van der Waals surface area contributed by atoms with E-state index in [-0.39, 0.29) is 16.5 Å². The van der Waals surface area contributed by atoms with E-state index in [0.29, 0.717) is 12.1 Å². The summed E-state index contributed by atoms with van der Waals surface area (Å²) in [5, 5.41) is 12.1. The number of hydrogen-bond donors (Lipinski definition) is 2. The molecule has 0 aliphatic carbocycles. The molecule has 6 nitrogen and oxygen atoms in total. The molecule has 0 saturated heterocycles. The Labute approximate surface area is 143 Å². The molecule has 0 bridgehead atoms. The van der Waals surface area contributed by atoms with E-state index in [0.717, 1.165) is 23.7 Å². The lowest BCUT2D eigenvalue weighted by molar-refractivity contribution is 0.140. The summed E-state index contributed by atoms with van der Waals surface area (Å²) in [6, 6.07) is 2.28. The van der Waals surface area contributed by atoms with Crippen LogP contribution in [-0.4, -0.2) is 21.1 Å². The van der Waals surface area contributed by atoms with Crippen LogP contribution in [0.15, 0.2) is 18.3 Å². The van der Waals surface area contributed by atoms with E-state index in [9.17, 15) is 14.3 Å². The molecule has 0 saturated carbocycles. The van der Waals surface area contributed by atoms with Crippen LogP contribution in [0.1, 0.15) is 36.4 Å². The van der Waals surface area contributed by atoms with Crippen molar-refractivity contribution >= 4 is 29.1 Å². The normalized spacial score (nSPS) is 16.8. The van der Waals surface area contributed by atoms with Crippen molar-refractivity contribution in [3.63, 3.8) is 0 Å². The highest BCUT2D eigenvalue weighted by Crippen LogP contribution is 2.38. The number of fused-ring (bicyclic) bond motifs is 1. The minimum atomic E-state index is -1.35. The number of halogens is 2. The second kappa shape index (κ2) is 6.33. The van der Waals surface area contributed by atoms with Gasteiger partial charge < -0.3 is 10.4 Å². The highest BCUT2D eigenvalue weighted by Gasteiger charge is 2.35. The zero-order chi connectivity index (χ0) is 17.4. The van der Waals surface area contributed by atoms with Crippen LogP contribution in [0, 0.1) is 12.7 Å². The fourth-order valence-electron chi connectivity index (χ4n) is 2.75. The van der Waals surface area contributed by atoms with Gasteiger partial charge in [0.2, 0.25) is 0 Å². The molecule has 2 aromatic rings. The van der Waals surface area contributed by atoms with Gasteiger partial charge in [0.25, 0.3) is 0 Å².